The zero-order valence-electron chi connectivity index (χ0n) is 23.3. The molecule has 1 amide bonds. The van der Waals surface area contributed by atoms with Crippen molar-refractivity contribution in [1.29, 1.82) is 0 Å². The highest BCUT2D eigenvalue weighted by Crippen LogP contribution is 2.53. The number of benzene rings is 2. The molecule has 0 saturated heterocycles. The molecule has 1 atom stereocenters. The Balaban J connectivity index is 2.07. The van der Waals surface area contributed by atoms with Crippen LogP contribution >= 0.6 is 0 Å². The van der Waals surface area contributed by atoms with E-state index in [0.717, 1.165) is 12.1 Å². The predicted octanol–water partition coefficient (Wildman–Crippen LogP) is 6.32. The van der Waals surface area contributed by atoms with Crippen molar-refractivity contribution in [3.05, 3.63) is 65.5 Å². The van der Waals surface area contributed by atoms with Gasteiger partial charge in [0.1, 0.15) is 24.8 Å². The average Bonchev–Trinajstić information content (AvgIpc) is 2.95. The number of rotatable bonds is 17. The summed E-state index contributed by atoms with van der Waals surface area (Å²) >= 11 is 0. The van der Waals surface area contributed by atoms with Crippen LogP contribution in [0.3, 0.4) is 0 Å². The van der Waals surface area contributed by atoms with Crippen LogP contribution < -0.4 is 4.74 Å². The fourth-order valence-electron chi connectivity index (χ4n) is 3.48. The molecule has 0 radical (unpaired) electrons. The monoisotopic (exact) mass is 667 g/mol. The predicted molar refractivity (Wildman–Crippen MR) is 134 cm³/mol. The van der Waals surface area contributed by atoms with Crippen LogP contribution in [0.25, 0.3) is 0 Å². The number of carboxylic acids is 1. The third-order valence-corrected chi connectivity index (χ3v) is 5.91. The third kappa shape index (κ3) is 10.1. The Labute approximate surface area is 249 Å². The molecule has 2 aromatic rings. The second kappa shape index (κ2) is 15.5. The van der Waals surface area contributed by atoms with Gasteiger partial charge in [0.25, 0.3) is 0 Å². The van der Waals surface area contributed by atoms with Crippen molar-refractivity contribution in [3.8, 4) is 5.75 Å². The van der Waals surface area contributed by atoms with E-state index in [1.807, 2.05) is 0 Å². The minimum absolute atomic E-state index is 0.0235. The van der Waals surface area contributed by atoms with Gasteiger partial charge in [-0.25, -0.2) is 14.0 Å². The molecule has 0 spiro atoms. The van der Waals surface area contributed by atoms with Gasteiger partial charge in [-0.1, -0.05) is 24.3 Å². The first kappa shape index (κ1) is 37.4. The van der Waals surface area contributed by atoms with E-state index in [4.69, 9.17) is 14.2 Å². The summed E-state index contributed by atoms with van der Waals surface area (Å²) in [5.74, 6) is -15.8. The maximum Gasteiger partial charge on any atom is 0.460 e. The number of carbonyl (C=O) groups excluding carboxylic acids is 1. The number of amides is 1. The smallest absolute Gasteiger partial charge is 0.460 e. The lowest BCUT2D eigenvalue weighted by molar-refractivity contribution is -0.443. The number of hydrogen-bond donors (Lipinski definition) is 1. The number of aliphatic carboxylic acids is 1. The average molecular weight is 667 g/mol. The topological polar surface area (TPSA) is 94.5 Å². The van der Waals surface area contributed by atoms with E-state index in [1.165, 1.54) is 36.4 Å². The van der Waals surface area contributed by atoms with Gasteiger partial charge in [-0.05, 0) is 42.3 Å². The van der Waals surface area contributed by atoms with E-state index < -0.39 is 81.0 Å². The number of carbonyl (C=O) groups is 2. The van der Waals surface area contributed by atoms with Gasteiger partial charge >= 0.3 is 36.2 Å². The SMILES string of the molecule is CCOC(Cc1ccc(OCCN(CCOC(F)(F)C(F)(F)C(F)(F)C(F)(F)F)C(=O)OCc2ccc(F)cc2)cc1)C(=O)O. The van der Waals surface area contributed by atoms with Crippen LogP contribution in [0.5, 0.6) is 5.75 Å². The maximum absolute atomic E-state index is 13.8. The van der Waals surface area contributed by atoms with Crippen LogP contribution in [0.1, 0.15) is 18.1 Å². The zero-order chi connectivity index (χ0) is 34.1. The molecule has 2 rings (SSSR count). The van der Waals surface area contributed by atoms with Gasteiger partial charge in [0.05, 0.1) is 13.2 Å². The molecule has 252 valence electrons. The quantitative estimate of drug-likeness (QED) is 0.198. The summed E-state index contributed by atoms with van der Waals surface area (Å²) in [7, 11) is 0. The number of alkyl halides is 9. The number of nitrogens with zero attached hydrogens (tertiary/aromatic N) is 1. The second-order valence-corrected chi connectivity index (χ2v) is 9.16. The summed E-state index contributed by atoms with van der Waals surface area (Å²) in [5, 5.41) is 9.19. The summed E-state index contributed by atoms with van der Waals surface area (Å²) in [6, 6.07) is 10.4. The van der Waals surface area contributed by atoms with Gasteiger partial charge in [-0.3, -0.25) is 0 Å². The van der Waals surface area contributed by atoms with Crippen LogP contribution in [-0.2, 0) is 32.0 Å². The van der Waals surface area contributed by atoms with Crippen molar-refractivity contribution in [2.45, 2.75) is 50.2 Å². The molecule has 0 fully saturated rings. The van der Waals surface area contributed by atoms with Crippen LogP contribution in [0.4, 0.5) is 48.7 Å². The highest BCUT2D eigenvalue weighted by molar-refractivity contribution is 5.72. The molecule has 0 aliphatic heterocycles. The molecule has 2 aromatic carbocycles. The van der Waals surface area contributed by atoms with Gasteiger partial charge < -0.3 is 29.0 Å². The van der Waals surface area contributed by atoms with E-state index in [0.29, 0.717) is 10.5 Å². The van der Waals surface area contributed by atoms with Crippen molar-refractivity contribution in [1.82, 2.24) is 4.90 Å². The summed E-state index contributed by atoms with van der Waals surface area (Å²) < 4.78 is 150. The van der Waals surface area contributed by atoms with Gasteiger partial charge in [0, 0.05) is 19.6 Å². The molecule has 0 aromatic heterocycles. The molecule has 0 bridgehead atoms. The standard InChI is InChI=1S/C27H27F10NO7/c1-2-42-21(22(39)40)15-17-5-9-20(10-6-17)43-13-11-38(23(41)44-16-18-3-7-19(28)8-4-18)12-14-45-27(36,37)25(31,32)24(29,30)26(33,34)35/h3-10,21H,2,11-16H2,1H3,(H,39,40). The van der Waals surface area contributed by atoms with Crippen LogP contribution in [0, 0.1) is 5.82 Å². The molecule has 1 N–H and O–H groups in total. The molecule has 8 nitrogen and oxygen atoms in total. The van der Waals surface area contributed by atoms with E-state index in [9.17, 15) is 58.6 Å². The Bertz CT molecular complexity index is 1240. The Morgan fingerprint density at radius 2 is 1.38 bits per heavy atom. The minimum Gasteiger partial charge on any atom is -0.492 e. The Morgan fingerprint density at radius 1 is 0.822 bits per heavy atom. The van der Waals surface area contributed by atoms with E-state index in [-0.39, 0.29) is 24.3 Å². The van der Waals surface area contributed by atoms with E-state index >= 15 is 0 Å². The van der Waals surface area contributed by atoms with Crippen molar-refractivity contribution in [3.63, 3.8) is 0 Å². The fourth-order valence-corrected chi connectivity index (χ4v) is 3.48. The second-order valence-electron chi connectivity index (χ2n) is 9.16. The highest BCUT2D eigenvalue weighted by atomic mass is 19.4. The first-order valence-electron chi connectivity index (χ1n) is 12.9. The number of carboxylic acid groups (broad SMARTS) is 1. The number of halogens is 10. The fraction of sp³-hybridized carbons (Fsp3) is 0.481. The minimum atomic E-state index is -7.15. The molecule has 0 aliphatic rings. The number of ether oxygens (including phenoxy) is 4. The number of hydrogen-bond acceptors (Lipinski definition) is 6. The molecule has 45 heavy (non-hydrogen) atoms. The molecular formula is C27H27F10NO7. The summed E-state index contributed by atoms with van der Waals surface area (Å²) in [6.45, 7) is -2.31. The Hall–Kier alpha value is -3.80. The molecule has 0 aliphatic carbocycles. The van der Waals surface area contributed by atoms with Gasteiger partial charge in [-0.15, -0.1) is 0 Å². The van der Waals surface area contributed by atoms with Crippen molar-refractivity contribution in [2.24, 2.45) is 0 Å². The molecule has 0 saturated carbocycles. The summed E-state index contributed by atoms with van der Waals surface area (Å²) in [5.41, 5.74) is 0.826. The van der Waals surface area contributed by atoms with Crippen molar-refractivity contribution >= 4 is 12.1 Å². The van der Waals surface area contributed by atoms with Crippen LogP contribution in [0.2, 0.25) is 0 Å². The largest absolute Gasteiger partial charge is 0.492 e. The lowest BCUT2D eigenvalue weighted by atomic mass is 10.1. The van der Waals surface area contributed by atoms with Crippen LogP contribution in [-0.4, -0.2) is 85.2 Å². The van der Waals surface area contributed by atoms with Crippen molar-refractivity contribution in [2.75, 3.05) is 32.9 Å². The molecule has 0 heterocycles. The normalized spacial score (nSPS) is 13.3. The van der Waals surface area contributed by atoms with Gasteiger partial charge in [0.15, 0.2) is 6.10 Å². The van der Waals surface area contributed by atoms with Gasteiger partial charge in [-0.2, -0.15) is 39.5 Å². The van der Waals surface area contributed by atoms with Gasteiger partial charge in [0.2, 0.25) is 0 Å². The summed E-state index contributed by atoms with van der Waals surface area (Å²) in [6.07, 6.45) is -15.7. The lowest BCUT2D eigenvalue weighted by Gasteiger charge is -2.33. The van der Waals surface area contributed by atoms with E-state index in [1.54, 1.807) is 6.92 Å². The molecular weight excluding hydrogens is 640 g/mol. The highest BCUT2D eigenvalue weighted by Gasteiger charge is 2.82. The first-order valence-corrected chi connectivity index (χ1v) is 12.9. The zero-order valence-corrected chi connectivity index (χ0v) is 23.3. The van der Waals surface area contributed by atoms with E-state index in [2.05, 4.69) is 4.74 Å². The van der Waals surface area contributed by atoms with Crippen LogP contribution in [0.15, 0.2) is 48.5 Å². The summed E-state index contributed by atoms with van der Waals surface area (Å²) in [4.78, 5) is 24.4. The van der Waals surface area contributed by atoms with Crippen molar-refractivity contribution < 1.29 is 77.5 Å². The molecule has 1 unspecified atom stereocenters. The maximum atomic E-state index is 13.8. The Kier molecular flexibility index (Phi) is 12.8. The molecule has 18 heteroatoms. The Morgan fingerprint density at radius 3 is 1.91 bits per heavy atom. The first-order chi connectivity index (χ1) is 20.8. The third-order valence-electron chi connectivity index (χ3n) is 5.91. The lowest BCUT2D eigenvalue weighted by Crippen LogP contribution is -2.62.